The van der Waals surface area contributed by atoms with Crippen LogP contribution in [0.3, 0.4) is 0 Å². The smallest absolute Gasteiger partial charge is 0.369 e. The number of aliphatic hydroxyl groups excluding tert-OH is 3. The van der Waals surface area contributed by atoms with E-state index in [9.17, 15) is 15.3 Å². The zero-order valence-electron chi connectivity index (χ0n) is 25.1. The number of aliphatic hydroxyl groups is 3. The Balaban J connectivity index is 0.000000292. The van der Waals surface area contributed by atoms with Gasteiger partial charge in [-0.3, -0.25) is 0 Å². The number of ether oxygens (including phenoxy) is 5. The van der Waals surface area contributed by atoms with Crippen LogP contribution in [-0.2, 0) is 29.4 Å². The van der Waals surface area contributed by atoms with Gasteiger partial charge in [0.15, 0.2) is 5.75 Å². The Labute approximate surface area is 291 Å². The van der Waals surface area contributed by atoms with Crippen molar-refractivity contribution in [3.63, 3.8) is 0 Å². The van der Waals surface area contributed by atoms with E-state index in [-0.39, 0.29) is 23.0 Å². The van der Waals surface area contributed by atoms with Crippen LogP contribution in [0.5, 0.6) is 17.5 Å². The maximum atomic E-state index is 9.48. The lowest BCUT2D eigenvalue weighted by molar-refractivity contribution is -0.000244. The highest BCUT2D eigenvalue weighted by Crippen LogP contribution is 2.32. The molecule has 20 heteroatoms. The summed E-state index contributed by atoms with van der Waals surface area (Å²) in [5, 5.41) is 28.4. The third kappa shape index (κ3) is 11.2. The Bertz CT molecular complexity index is 1440. The molecule has 4 rings (SSSR count). The normalized spacial score (nSPS) is 11.1. The highest BCUT2D eigenvalue weighted by atomic mass is 79.9. The number of hydrogen-bond acceptors (Lipinski definition) is 12. The number of hydrogen-bond donors (Lipinski definition) is 3. The Morgan fingerprint density at radius 1 is 0.756 bits per heavy atom. The molecule has 0 aliphatic heterocycles. The van der Waals surface area contributed by atoms with Crippen LogP contribution in [0.4, 0.5) is 0 Å². The summed E-state index contributed by atoms with van der Waals surface area (Å²) >= 11 is 9.31. The van der Waals surface area contributed by atoms with Gasteiger partial charge in [-0.2, -0.15) is 9.97 Å². The fourth-order valence-electron chi connectivity index (χ4n) is 4.16. The number of aromatic nitrogens is 6. The lowest BCUT2D eigenvalue weighted by Gasteiger charge is -2.26. The number of fused-ring (bicyclic) bond motifs is 2. The molecule has 4 heterocycles. The van der Waals surface area contributed by atoms with Crippen LogP contribution >= 0.6 is 65.8 Å². The van der Waals surface area contributed by atoms with Crippen LogP contribution in [0.15, 0.2) is 25.0 Å². The fourth-order valence-corrected chi connectivity index (χ4v) is 4.37. The van der Waals surface area contributed by atoms with Crippen molar-refractivity contribution in [2.45, 2.75) is 26.3 Å². The molecule has 4 aromatic rings. The number of nitrogens with zero attached hydrogens (tertiary/aromatic N) is 6. The summed E-state index contributed by atoms with van der Waals surface area (Å²) in [6, 6.07) is 0. The van der Waals surface area contributed by atoms with Crippen molar-refractivity contribution in [1.82, 2.24) is 29.1 Å². The van der Waals surface area contributed by atoms with Gasteiger partial charge in [0, 0.05) is 11.6 Å². The minimum atomic E-state index is -0.915. The molecule has 0 aliphatic rings. The molecule has 0 radical (unpaired) electrons. The first kappa shape index (κ1) is 40.0. The predicted octanol–water partition coefficient (Wildman–Crippen LogP) is 3.55. The van der Waals surface area contributed by atoms with Gasteiger partial charge in [0.1, 0.15) is 42.7 Å². The Morgan fingerprint density at radius 3 is 1.67 bits per heavy atom. The zero-order valence-corrected chi connectivity index (χ0v) is 32.2. The van der Waals surface area contributed by atoms with Crippen molar-refractivity contribution < 1.29 is 39.0 Å². The zero-order chi connectivity index (χ0) is 33.4. The minimum absolute atomic E-state index is 0.271. The van der Waals surface area contributed by atoms with Crippen molar-refractivity contribution in [2.24, 2.45) is 5.41 Å². The highest BCUT2D eigenvalue weighted by Gasteiger charge is 2.28. The molecule has 14 nitrogen and oxygen atoms in total. The van der Waals surface area contributed by atoms with E-state index < -0.39 is 5.41 Å². The van der Waals surface area contributed by atoms with Crippen molar-refractivity contribution >= 4 is 91.0 Å². The molecule has 2 atom stereocenters. The van der Waals surface area contributed by atoms with E-state index in [0.717, 1.165) is 22.1 Å². The van der Waals surface area contributed by atoms with E-state index in [4.69, 9.17) is 23.7 Å². The molecule has 0 amide bonds. The molecule has 250 valence electrons. The van der Waals surface area contributed by atoms with Crippen molar-refractivity contribution in [1.29, 1.82) is 0 Å². The second kappa shape index (κ2) is 20.9. The van der Waals surface area contributed by atoms with Crippen molar-refractivity contribution in [3.8, 4) is 17.5 Å². The summed E-state index contributed by atoms with van der Waals surface area (Å²) in [6.07, 6.45) is 8.61. The third-order valence-electron chi connectivity index (χ3n) is 6.51. The summed E-state index contributed by atoms with van der Waals surface area (Å²) in [5.41, 5.74) is 2.95. The first-order valence-electron chi connectivity index (χ1n) is 13.3. The number of halogens is 3. The summed E-state index contributed by atoms with van der Waals surface area (Å²) < 4.78 is 30.6. The summed E-state index contributed by atoms with van der Waals surface area (Å²) in [5.74, 6) is 1.63. The van der Waals surface area contributed by atoms with Crippen molar-refractivity contribution in [2.75, 3.05) is 53.8 Å². The van der Waals surface area contributed by atoms with Gasteiger partial charge < -0.3 is 48.1 Å². The van der Waals surface area contributed by atoms with Crippen LogP contribution in [0.2, 0.25) is 0 Å². The lowest BCUT2D eigenvalue weighted by Crippen LogP contribution is -2.34. The summed E-state index contributed by atoms with van der Waals surface area (Å²) in [7, 11) is 9.71. The standard InChI is InChI=1S/C15H24N3O5P.C10H14N3O3P.BBr3/c1-22-14-13-12(16-8-17-14)11(4-18(13)9-23-10-24)2-3-15(5-19,6-20)7-21;1-14-7-3-13(5-16-6-17)9-8(7)11-4-12-10(9)15-2;2-1(3)4/h4,8,19-21H,2-3,5-7,9-10,24H2,1H3;3-4H,5-6,17H2,1-2H3;. The van der Waals surface area contributed by atoms with Gasteiger partial charge in [-0.05, 0) is 18.4 Å². The first-order valence-corrected chi connectivity index (χ1v) is 17.7. The lowest BCUT2D eigenvalue weighted by atomic mass is 9.84. The maximum absolute atomic E-state index is 9.48. The third-order valence-corrected chi connectivity index (χ3v) is 6.98. The average Bonchev–Trinajstić information content (AvgIpc) is 3.61. The van der Waals surface area contributed by atoms with E-state index >= 15 is 0 Å². The molecule has 0 bridgehead atoms. The van der Waals surface area contributed by atoms with Gasteiger partial charge in [-0.1, -0.05) is 0 Å². The summed E-state index contributed by atoms with van der Waals surface area (Å²) in [6.45, 7) is -0.130. The van der Waals surface area contributed by atoms with Crippen LogP contribution in [0.25, 0.3) is 22.1 Å². The second-order valence-electron chi connectivity index (χ2n) is 9.17. The largest absolute Gasteiger partial charge is 0.493 e. The molecule has 2 unspecified atom stereocenters. The van der Waals surface area contributed by atoms with E-state index in [1.54, 1.807) is 21.3 Å². The van der Waals surface area contributed by atoms with E-state index in [2.05, 4.69) is 85.7 Å². The molecule has 0 saturated carbocycles. The topological polar surface area (TPSA) is 168 Å². The Hall–Kier alpha value is -1.20. The maximum Gasteiger partial charge on any atom is 0.369 e. The number of methoxy groups -OCH3 is 3. The van der Waals surface area contributed by atoms with Crippen molar-refractivity contribution in [3.05, 3.63) is 30.6 Å². The van der Waals surface area contributed by atoms with Gasteiger partial charge in [0.05, 0.1) is 65.6 Å². The van der Waals surface area contributed by atoms with E-state index in [1.807, 2.05) is 21.5 Å². The predicted molar refractivity (Wildman–Crippen MR) is 191 cm³/mol. The van der Waals surface area contributed by atoms with Gasteiger partial charge in [0.2, 0.25) is 11.8 Å². The molecule has 0 spiro atoms. The monoisotopic (exact) mass is 860 g/mol. The molecular weight excluding hydrogens is 825 g/mol. The van der Waals surface area contributed by atoms with Gasteiger partial charge in [-0.15, -0.1) is 65.8 Å². The van der Waals surface area contributed by atoms with E-state index in [0.29, 0.717) is 62.0 Å². The Morgan fingerprint density at radius 2 is 1.22 bits per heavy atom. The fraction of sp³-hybridized carbons (Fsp3) is 0.520. The SMILES string of the molecule is BrB(Br)Br.COc1cn(COCP)c2c(OC)ncnc12.COc1ncnc2c(CCC(CO)(CO)CO)cn(COCP)c12. The molecule has 0 aliphatic carbocycles. The highest BCUT2D eigenvalue weighted by molar-refractivity contribution is 9.69. The van der Waals surface area contributed by atoms with Gasteiger partial charge >= 0.3 is 3.18 Å². The molecule has 0 aromatic carbocycles. The summed E-state index contributed by atoms with van der Waals surface area (Å²) in [4.78, 5) is 16.7. The van der Waals surface area contributed by atoms with Crippen LogP contribution in [0, 0.1) is 5.41 Å². The molecule has 0 fully saturated rings. The second-order valence-corrected chi connectivity index (χ2v) is 16.3. The van der Waals surface area contributed by atoms with E-state index in [1.165, 1.54) is 12.7 Å². The first-order chi connectivity index (χ1) is 21.7. The van der Waals surface area contributed by atoms with Crippen LogP contribution in [0.1, 0.15) is 12.0 Å². The van der Waals surface area contributed by atoms with Gasteiger partial charge in [-0.25, -0.2) is 9.97 Å². The minimum Gasteiger partial charge on any atom is -0.493 e. The quantitative estimate of drug-likeness (QED) is 0.118. The van der Waals surface area contributed by atoms with Crippen LogP contribution in [-0.4, -0.2) is 101 Å². The molecule has 3 N–H and O–H groups in total. The average molecular weight is 863 g/mol. The number of aryl methyl sites for hydroxylation is 1. The van der Waals surface area contributed by atoms with Crippen LogP contribution < -0.4 is 14.2 Å². The van der Waals surface area contributed by atoms with Gasteiger partial charge in [0.25, 0.3) is 0 Å². The molecule has 45 heavy (non-hydrogen) atoms. The molecule has 0 saturated heterocycles. The molecule has 4 aromatic heterocycles. The Kier molecular flexibility index (Phi) is 18.6. The molecular formula is C25H38BBr3N6O8P2. The number of rotatable bonds is 15.